The number of carbonyl (C=O) groups is 1. The van der Waals surface area contributed by atoms with Gasteiger partial charge in [-0.2, -0.15) is 0 Å². The van der Waals surface area contributed by atoms with Gasteiger partial charge in [-0.05, 0) is 24.0 Å². The highest BCUT2D eigenvalue weighted by molar-refractivity contribution is 5.79. The molecule has 1 unspecified atom stereocenters. The van der Waals surface area contributed by atoms with Crippen molar-refractivity contribution in [3.63, 3.8) is 0 Å². The maximum Gasteiger partial charge on any atom is 0.135 e. The van der Waals surface area contributed by atoms with Gasteiger partial charge in [-0.25, -0.2) is 0 Å². The van der Waals surface area contributed by atoms with Crippen LogP contribution in [0.25, 0.3) is 0 Å². The molecular weight excluding hydrogens is 228 g/mol. The van der Waals surface area contributed by atoms with Crippen LogP contribution < -0.4 is 0 Å². The van der Waals surface area contributed by atoms with Crippen molar-refractivity contribution < 1.29 is 14.3 Å². The van der Waals surface area contributed by atoms with E-state index in [-0.39, 0.29) is 11.9 Å². The average molecular weight is 248 g/mol. The number of fused-ring (bicyclic) bond motifs is 1. The molecule has 1 aromatic carbocycles. The van der Waals surface area contributed by atoms with Crippen LogP contribution in [-0.4, -0.2) is 26.1 Å². The van der Waals surface area contributed by atoms with Crippen molar-refractivity contribution >= 4 is 5.78 Å². The summed E-state index contributed by atoms with van der Waals surface area (Å²) in [5, 5.41) is 0. The van der Waals surface area contributed by atoms with E-state index >= 15 is 0 Å². The minimum absolute atomic E-state index is 0.0509. The summed E-state index contributed by atoms with van der Waals surface area (Å²) in [6.07, 6.45) is 2.76. The Hall–Kier alpha value is -1.19. The third kappa shape index (κ3) is 3.40. The van der Waals surface area contributed by atoms with Crippen molar-refractivity contribution in [2.45, 2.75) is 31.8 Å². The quantitative estimate of drug-likeness (QED) is 0.726. The van der Waals surface area contributed by atoms with Gasteiger partial charge in [-0.1, -0.05) is 24.3 Å². The van der Waals surface area contributed by atoms with E-state index in [1.165, 1.54) is 11.1 Å². The van der Waals surface area contributed by atoms with Crippen LogP contribution in [0.1, 0.15) is 36.5 Å². The Balaban J connectivity index is 1.92. The molecule has 0 radical (unpaired) electrons. The monoisotopic (exact) mass is 248 g/mol. The van der Waals surface area contributed by atoms with Gasteiger partial charge >= 0.3 is 0 Å². The lowest BCUT2D eigenvalue weighted by molar-refractivity contribution is -0.122. The predicted molar refractivity (Wildman–Crippen MR) is 69.6 cm³/mol. The molecule has 0 saturated heterocycles. The molecule has 0 spiro atoms. The number of benzene rings is 1. The van der Waals surface area contributed by atoms with Crippen LogP contribution in [-0.2, 0) is 20.7 Å². The Morgan fingerprint density at radius 3 is 3.11 bits per heavy atom. The summed E-state index contributed by atoms with van der Waals surface area (Å²) < 4.78 is 10.7. The van der Waals surface area contributed by atoms with Gasteiger partial charge in [0.1, 0.15) is 5.78 Å². The molecule has 1 atom stereocenters. The molecule has 0 aliphatic carbocycles. The molecule has 1 aromatic rings. The third-order valence-corrected chi connectivity index (χ3v) is 3.31. The summed E-state index contributed by atoms with van der Waals surface area (Å²) in [5.41, 5.74) is 2.50. The van der Waals surface area contributed by atoms with E-state index in [0.29, 0.717) is 26.1 Å². The second-order valence-corrected chi connectivity index (χ2v) is 4.65. The first-order valence-corrected chi connectivity index (χ1v) is 6.51. The fourth-order valence-corrected chi connectivity index (χ4v) is 2.37. The van der Waals surface area contributed by atoms with Gasteiger partial charge in [-0.15, -0.1) is 0 Å². The van der Waals surface area contributed by atoms with E-state index in [9.17, 15) is 4.79 Å². The van der Waals surface area contributed by atoms with Crippen molar-refractivity contribution in [3.8, 4) is 0 Å². The summed E-state index contributed by atoms with van der Waals surface area (Å²) >= 11 is 0. The second kappa shape index (κ2) is 6.66. The summed E-state index contributed by atoms with van der Waals surface area (Å²) in [6.45, 7) is 1.36. The third-order valence-electron chi connectivity index (χ3n) is 3.31. The zero-order valence-corrected chi connectivity index (χ0v) is 10.9. The molecule has 3 nitrogen and oxygen atoms in total. The second-order valence-electron chi connectivity index (χ2n) is 4.65. The Kier molecular flexibility index (Phi) is 4.90. The predicted octanol–water partition coefficient (Wildman–Crippen LogP) is 2.69. The molecule has 0 fully saturated rings. The lowest BCUT2D eigenvalue weighted by atomic mass is 9.94. The molecule has 0 saturated carbocycles. The Morgan fingerprint density at radius 1 is 1.44 bits per heavy atom. The first kappa shape index (κ1) is 13.2. The van der Waals surface area contributed by atoms with Crippen molar-refractivity contribution in [2.75, 3.05) is 20.3 Å². The number of carbonyl (C=O) groups excluding carboxylic acids is 1. The minimum Gasteiger partial charge on any atom is -0.385 e. The molecule has 3 heteroatoms. The highest BCUT2D eigenvalue weighted by atomic mass is 16.5. The molecule has 1 aliphatic rings. The lowest BCUT2D eigenvalue weighted by Crippen LogP contribution is -2.19. The van der Waals surface area contributed by atoms with Crippen LogP contribution in [0.2, 0.25) is 0 Å². The highest BCUT2D eigenvalue weighted by Crippen LogP contribution is 2.29. The molecule has 0 amide bonds. The zero-order valence-electron chi connectivity index (χ0n) is 10.9. The molecule has 0 bridgehead atoms. The van der Waals surface area contributed by atoms with Crippen molar-refractivity contribution in [3.05, 3.63) is 35.4 Å². The van der Waals surface area contributed by atoms with Crippen LogP contribution in [0.3, 0.4) is 0 Å². The van der Waals surface area contributed by atoms with Gasteiger partial charge in [0.2, 0.25) is 0 Å². The standard InChI is InChI=1S/C15H20O3/c1-17-9-4-6-13(16)11-15-14-7-3-2-5-12(14)8-10-18-15/h2-3,5,7,15H,4,6,8-11H2,1H3. The number of rotatable bonds is 6. The van der Waals surface area contributed by atoms with E-state index < -0.39 is 0 Å². The van der Waals surface area contributed by atoms with Gasteiger partial charge in [0.15, 0.2) is 0 Å². The maximum atomic E-state index is 11.9. The van der Waals surface area contributed by atoms with Crippen LogP contribution in [0, 0.1) is 0 Å². The fourth-order valence-electron chi connectivity index (χ4n) is 2.37. The van der Waals surface area contributed by atoms with Crippen LogP contribution in [0.5, 0.6) is 0 Å². The largest absolute Gasteiger partial charge is 0.385 e. The normalized spacial score (nSPS) is 18.4. The van der Waals surface area contributed by atoms with Crippen molar-refractivity contribution in [1.29, 1.82) is 0 Å². The Morgan fingerprint density at radius 2 is 2.28 bits per heavy atom. The number of ether oxygens (including phenoxy) is 2. The van der Waals surface area contributed by atoms with E-state index in [1.54, 1.807) is 7.11 Å². The number of hydrogen-bond donors (Lipinski definition) is 0. The zero-order chi connectivity index (χ0) is 12.8. The topological polar surface area (TPSA) is 35.5 Å². The molecule has 98 valence electrons. The van der Waals surface area contributed by atoms with Gasteiger partial charge in [0.25, 0.3) is 0 Å². The number of methoxy groups -OCH3 is 1. The molecule has 18 heavy (non-hydrogen) atoms. The molecule has 2 rings (SSSR count). The minimum atomic E-state index is -0.0509. The molecule has 1 heterocycles. The lowest BCUT2D eigenvalue weighted by Gasteiger charge is -2.25. The first-order chi connectivity index (χ1) is 8.81. The maximum absolute atomic E-state index is 11.9. The van der Waals surface area contributed by atoms with Crippen molar-refractivity contribution in [2.24, 2.45) is 0 Å². The molecule has 0 N–H and O–H groups in total. The molecule has 0 aromatic heterocycles. The van der Waals surface area contributed by atoms with Gasteiger partial charge < -0.3 is 9.47 Å². The van der Waals surface area contributed by atoms with Crippen LogP contribution >= 0.6 is 0 Å². The van der Waals surface area contributed by atoms with Crippen molar-refractivity contribution in [1.82, 2.24) is 0 Å². The summed E-state index contributed by atoms with van der Waals surface area (Å²) in [7, 11) is 1.66. The SMILES string of the molecule is COCCCC(=O)CC1OCCc2ccccc21. The summed E-state index contributed by atoms with van der Waals surface area (Å²) in [6, 6.07) is 8.25. The molecular formula is C15H20O3. The highest BCUT2D eigenvalue weighted by Gasteiger charge is 2.22. The van der Waals surface area contributed by atoms with Gasteiger partial charge in [0.05, 0.1) is 12.7 Å². The summed E-state index contributed by atoms with van der Waals surface area (Å²) in [5.74, 6) is 0.258. The van der Waals surface area contributed by atoms with E-state index in [4.69, 9.17) is 9.47 Å². The van der Waals surface area contributed by atoms with E-state index in [1.807, 2.05) is 12.1 Å². The Labute approximate surface area is 108 Å². The number of ketones is 1. The summed E-state index contributed by atoms with van der Waals surface area (Å²) in [4.78, 5) is 11.9. The Bertz CT molecular complexity index is 400. The van der Waals surface area contributed by atoms with Crippen LogP contribution in [0.4, 0.5) is 0 Å². The smallest absolute Gasteiger partial charge is 0.135 e. The van der Waals surface area contributed by atoms with E-state index in [2.05, 4.69) is 12.1 Å². The molecule has 1 aliphatic heterocycles. The van der Waals surface area contributed by atoms with Gasteiger partial charge in [-0.3, -0.25) is 4.79 Å². The number of hydrogen-bond acceptors (Lipinski definition) is 3. The number of Topliss-reactive ketones (excluding diaryl/α,β-unsaturated/α-hetero) is 1. The first-order valence-electron chi connectivity index (χ1n) is 6.51. The average Bonchev–Trinajstić information content (AvgIpc) is 2.39. The fraction of sp³-hybridized carbons (Fsp3) is 0.533. The van der Waals surface area contributed by atoms with E-state index in [0.717, 1.165) is 12.8 Å². The van der Waals surface area contributed by atoms with Crippen LogP contribution in [0.15, 0.2) is 24.3 Å². The van der Waals surface area contributed by atoms with Gasteiger partial charge in [0, 0.05) is 26.6 Å².